The minimum atomic E-state index is -4.65. The Morgan fingerprint density at radius 2 is 1.93 bits per heavy atom. The van der Waals surface area contributed by atoms with Crippen molar-refractivity contribution >= 4 is 46.5 Å². The van der Waals surface area contributed by atoms with Crippen LogP contribution in [0.3, 0.4) is 0 Å². The van der Waals surface area contributed by atoms with Gasteiger partial charge in [-0.1, -0.05) is 11.6 Å². The minimum absolute atomic E-state index is 0.0176. The number of nitrogens with zero attached hydrogens (tertiary/aromatic N) is 4. The lowest BCUT2D eigenvalue weighted by Crippen LogP contribution is -2.49. The predicted molar refractivity (Wildman–Crippen MR) is 148 cm³/mol. The average Bonchev–Trinajstić information content (AvgIpc) is 3.59. The van der Waals surface area contributed by atoms with Crippen molar-refractivity contribution in [1.29, 1.82) is 5.41 Å². The van der Waals surface area contributed by atoms with Crippen LogP contribution in [-0.2, 0) is 11.0 Å². The van der Waals surface area contributed by atoms with Gasteiger partial charge in [-0.25, -0.2) is 9.97 Å². The number of alkyl halides is 3. The molecule has 18 heteroatoms. The van der Waals surface area contributed by atoms with Crippen LogP contribution in [0.4, 0.5) is 24.7 Å². The molecule has 0 saturated heterocycles. The molecule has 42 heavy (non-hydrogen) atoms. The molecule has 3 aromatic heterocycles. The molecule has 2 amide bonds. The highest BCUT2D eigenvalue weighted by Gasteiger charge is 2.37. The first-order valence-electron chi connectivity index (χ1n) is 12.3. The number of fused-ring (bicyclic) bond motifs is 1. The van der Waals surface area contributed by atoms with Gasteiger partial charge in [0.05, 0.1) is 28.0 Å². The maximum absolute atomic E-state index is 13.4. The number of nitrogens with two attached hydrogens (primary N) is 2. The summed E-state index contributed by atoms with van der Waals surface area (Å²) in [5, 5.41) is 23.6. The molecule has 0 radical (unpaired) electrons. The molecule has 1 atom stereocenters. The Morgan fingerprint density at radius 3 is 2.64 bits per heavy atom. The maximum Gasteiger partial charge on any atom is 0.435 e. The number of hydrogen-bond acceptors (Lipinski definition) is 8. The average molecular weight is 607 g/mol. The van der Waals surface area contributed by atoms with Crippen LogP contribution in [0.25, 0.3) is 16.9 Å². The fraction of sp³-hybridized carbons (Fsp3) is 0.250. The van der Waals surface area contributed by atoms with Crippen molar-refractivity contribution in [2.24, 2.45) is 11.5 Å². The number of amides is 2. The Labute approximate surface area is 240 Å². The standard InChI is InChI=1S/C24H26ClF3N12O2/c25-15-8-12(2-3-13(15)21(41)33-4-1-5-34-22(42)16(29)10-36-23(30)31)38-19-20-35-11-17(40(20)7-6-32-19)14-9-37-39-18(14)24(26,27)28/h2-3,6-9,11,16H,1,4-5,10,29H2,(H,32,38)(H,33,41)(H,34,42)(H,37,39)(H4,30,31,36)/t16-/m0/s1. The van der Waals surface area contributed by atoms with Gasteiger partial charge in [-0.2, -0.15) is 18.3 Å². The largest absolute Gasteiger partial charge is 0.435 e. The molecule has 10 N–H and O–H groups in total. The molecule has 0 aliphatic carbocycles. The van der Waals surface area contributed by atoms with Gasteiger partial charge in [0.15, 0.2) is 23.1 Å². The third-order valence-electron chi connectivity index (χ3n) is 5.88. The van der Waals surface area contributed by atoms with Gasteiger partial charge < -0.3 is 32.7 Å². The van der Waals surface area contributed by atoms with E-state index in [9.17, 15) is 22.8 Å². The zero-order chi connectivity index (χ0) is 30.4. The van der Waals surface area contributed by atoms with E-state index < -0.39 is 29.7 Å². The number of carbonyl (C=O) groups excluding carboxylic acids is 2. The van der Waals surface area contributed by atoms with E-state index in [1.807, 2.05) is 0 Å². The molecule has 0 aliphatic heterocycles. The molecule has 0 unspecified atom stereocenters. The Balaban J connectivity index is 1.35. The maximum atomic E-state index is 13.4. The van der Waals surface area contributed by atoms with E-state index in [0.29, 0.717) is 12.1 Å². The molecule has 0 bridgehead atoms. The molecule has 222 valence electrons. The summed E-state index contributed by atoms with van der Waals surface area (Å²) in [5.41, 5.74) is 10.7. The van der Waals surface area contributed by atoms with Gasteiger partial charge in [-0.15, -0.1) is 0 Å². The fourth-order valence-electron chi connectivity index (χ4n) is 3.86. The fourth-order valence-corrected chi connectivity index (χ4v) is 4.13. The number of rotatable bonds is 11. The SMILES string of the molecule is N=C(N)NC[C@H](N)C(=O)NCCCNC(=O)c1ccc(Nc2nccn3c(-c4c[nH]nc4C(F)(F)F)cnc23)cc1Cl. The smallest absolute Gasteiger partial charge is 0.370 e. The van der Waals surface area contributed by atoms with E-state index in [2.05, 4.69) is 41.4 Å². The van der Waals surface area contributed by atoms with E-state index in [-0.39, 0.29) is 58.9 Å². The quantitative estimate of drug-likeness (QED) is 0.0705. The minimum Gasteiger partial charge on any atom is -0.370 e. The number of halogens is 4. The number of H-pyrrole nitrogens is 1. The summed E-state index contributed by atoms with van der Waals surface area (Å²) in [4.78, 5) is 33.0. The van der Waals surface area contributed by atoms with Crippen LogP contribution in [0.1, 0.15) is 22.5 Å². The Kier molecular flexibility index (Phi) is 9.12. The number of hydrogen-bond donors (Lipinski definition) is 8. The van der Waals surface area contributed by atoms with Gasteiger partial charge in [0.1, 0.15) is 6.04 Å². The molecular weight excluding hydrogens is 581 g/mol. The van der Waals surface area contributed by atoms with E-state index in [0.717, 1.165) is 6.20 Å². The number of anilines is 2. The molecule has 4 aromatic rings. The first-order valence-corrected chi connectivity index (χ1v) is 12.7. The summed E-state index contributed by atoms with van der Waals surface area (Å²) < 4.78 is 41.5. The third kappa shape index (κ3) is 7.05. The van der Waals surface area contributed by atoms with E-state index in [1.54, 1.807) is 6.07 Å². The van der Waals surface area contributed by atoms with Gasteiger partial charge in [-0.05, 0) is 24.6 Å². The van der Waals surface area contributed by atoms with E-state index in [4.69, 9.17) is 28.5 Å². The van der Waals surface area contributed by atoms with Crippen molar-refractivity contribution in [3.05, 3.63) is 59.3 Å². The monoisotopic (exact) mass is 606 g/mol. The van der Waals surface area contributed by atoms with Gasteiger partial charge in [0.2, 0.25) is 5.91 Å². The van der Waals surface area contributed by atoms with Gasteiger partial charge in [-0.3, -0.25) is 24.5 Å². The second-order valence-electron chi connectivity index (χ2n) is 8.88. The Morgan fingerprint density at radius 1 is 1.17 bits per heavy atom. The van der Waals surface area contributed by atoms with Gasteiger partial charge in [0.25, 0.3) is 5.91 Å². The second-order valence-corrected chi connectivity index (χ2v) is 9.29. The highest BCUT2D eigenvalue weighted by atomic mass is 35.5. The molecular formula is C24H26ClF3N12O2. The van der Waals surface area contributed by atoms with Crippen molar-refractivity contribution in [3.8, 4) is 11.3 Å². The van der Waals surface area contributed by atoms with Crippen molar-refractivity contribution in [2.75, 3.05) is 25.0 Å². The topological polar surface area (TPSA) is 217 Å². The highest BCUT2D eigenvalue weighted by molar-refractivity contribution is 6.34. The predicted octanol–water partition coefficient (Wildman–Crippen LogP) is 1.58. The lowest BCUT2D eigenvalue weighted by molar-refractivity contribution is -0.140. The third-order valence-corrected chi connectivity index (χ3v) is 6.19. The molecule has 3 heterocycles. The number of guanidine groups is 1. The zero-order valence-electron chi connectivity index (χ0n) is 21.7. The lowest BCUT2D eigenvalue weighted by atomic mass is 10.2. The van der Waals surface area contributed by atoms with Gasteiger partial charge >= 0.3 is 6.18 Å². The number of imidazole rings is 1. The summed E-state index contributed by atoms with van der Waals surface area (Å²) in [6, 6.07) is 3.71. The van der Waals surface area contributed by atoms with Crippen molar-refractivity contribution in [3.63, 3.8) is 0 Å². The Bertz CT molecular complexity index is 1600. The van der Waals surface area contributed by atoms with Crippen molar-refractivity contribution in [1.82, 2.24) is 40.5 Å². The number of aromatic nitrogens is 5. The highest BCUT2D eigenvalue weighted by Crippen LogP contribution is 2.36. The van der Waals surface area contributed by atoms with Crippen molar-refractivity contribution in [2.45, 2.75) is 18.6 Å². The molecule has 14 nitrogen and oxygen atoms in total. The first kappa shape index (κ1) is 30.1. The van der Waals surface area contributed by atoms with Crippen LogP contribution in [-0.4, -0.2) is 68.0 Å². The Hall–Kier alpha value is -4.90. The molecule has 0 saturated carbocycles. The summed E-state index contributed by atoms with van der Waals surface area (Å²) in [6.45, 7) is 0.524. The van der Waals surface area contributed by atoms with Crippen LogP contribution in [0.15, 0.2) is 43.0 Å². The molecule has 0 spiro atoms. The molecule has 0 fully saturated rings. The number of nitrogens with one attached hydrogen (secondary N) is 6. The molecule has 4 rings (SSSR count). The zero-order valence-corrected chi connectivity index (χ0v) is 22.5. The van der Waals surface area contributed by atoms with Crippen LogP contribution in [0.5, 0.6) is 0 Å². The van der Waals surface area contributed by atoms with Crippen LogP contribution in [0, 0.1) is 5.41 Å². The molecule has 1 aromatic carbocycles. The van der Waals surface area contributed by atoms with E-state index >= 15 is 0 Å². The second kappa shape index (κ2) is 12.7. The number of carbonyl (C=O) groups is 2. The number of aromatic amines is 1. The van der Waals surface area contributed by atoms with Crippen LogP contribution in [0.2, 0.25) is 5.02 Å². The lowest BCUT2D eigenvalue weighted by Gasteiger charge is -2.13. The summed E-state index contributed by atoms with van der Waals surface area (Å²) in [7, 11) is 0. The van der Waals surface area contributed by atoms with Crippen LogP contribution < -0.4 is 32.7 Å². The normalized spacial score (nSPS) is 12.1. The van der Waals surface area contributed by atoms with Crippen LogP contribution >= 0.6 is 11.6 Å². The number of benzene rings is 1. The first-order chi connectivity index (χ1) is 20.0. The molecule has 0 aliphatic rings. The van der Waals surface area contributed by atoms with Gasteiger partial charge in [0, 0.05) is 43.9 Å². The summed E-state index contributed by atoms with van der Waals surface area (Å²) in [6.07, 6.45) is 1.07. The van der Waals surface area contributed by atoms with E-state index in [1.165, 1.54) is 35.1 Å². The summed E-state index contributed by atoms with van der Waals surface area (Å²) in [5.74, 6) is -0.904. The summed E-state index contributed by atoms with van der Waals surface area (Å²) >= 11 is 6.35. The van der Waals surface area contributed by atoms with Crippen molar-refractivity contribution < 1.29 is 22.8 Å².